The molecular weight excluding hydrogens is 240 g/mol. The van der Waals surface area contributed by atoms with Crippen LogP contribution in [-0.4, -0.2) is 35.7 Å². The predicted molar refractivity (Wildman–Crippen MR) is 81.3 cm³/mol. The van der Waals surface area contributed by atoms with Crippen LogP contribution in [0.2, 0.25) is 0 Å². The molecule has 0 aromatic carbocycles. The third-order valence-electron chi connectivity index (χ3n) is 1.70. The summed E-state index contributed by atoms with van der Waals surface area (Å²) in [6, 6.07) is 3.49. The molecule has 0 saturated carbocycles. The molecule has 4 nitrogen and oxygen atoms in total. The van der Waals surface area contributed by atoms with Gasteiger partial charge in [-0.15, -0.1) is 0 Å². The lowest BCUT2D eigenvalue weighted by atomic mass is 10.2. The van der Waals surface area contributed by atoms with E-state index in [1.54, 1.807) is 38.6 Å². The zero-order valence-electron chi connectivity index (χ0n) is 13.5. The van der Waals surface area contributed by atoms with Crippen molar-refractivity contribution >= 4 is 11.7 Å². The number of rotatable bonds is 1. The van der Waals surface area contributed by atoms with Crippen LogP contribution in [0.4, 0.5) is 0 Å². The lowest BCUT2D eigenvalue weighted by Gasteiger charge is -2.02. The van der Waals surface area contributed by atoms with Crippen LogP contribution in [0.15, 0.2) is 24.5 Å². The number of Topliss-reactive ketones (excluding diaryl/α,β-unsaturated/α-hetero) is 1. The molecule has 0 aliphatic heterocycles. The number of amides is 1. The van der Waals surface area contributed by atoms with Crippen LogP contribution in [0.25, 0.3) is 0 Å². The molecule has 0 aliphatic rings. The van der Waals surface area contributed by atoms with Crippen LogP contribution >= 0.6 is 0 Å². The van der Waals surface area contributed by atoms with E-state index in [-0.39, 0.29) is 11.7 Å². The molecule has 0 spiro atoms. The summed E-state index contributed by atoms with van der Waals surface area (Å²) in [6.07, 6.45) is 3.20. The molecule has 0 unspecified atom stereocenters. The number of aromatic nitrogens is 1. The summed E-state index contributed by atoms with van der Waals surface area (Å²) in [6.45, 7) is 11.1. The van der Waals surface area contributed by atoms with Gasteiger partial charge in [-0.05, 0) is 19.1 Å². The van der Waals surface area contributed by atoms with Gasteiger partial charge in [0.25, 0.3) is 0 Å². The number of hydrogen-bond donors (Lipinski definition) is 0. The summed E-state index contributed by atoms with van der Waals surface area (Å²) in [5, 5.41) is 0. The van der Waals surface area contributed by atoms with Crippen molar-refractivity contribution in [3.05, 3.63) is 30.1 Å². The average Bonchev–Trinajstić information content (AvgIpc) is 2.44. The minimum absolute atomic E-state index is 0.0584. The van der Waals surface area contributed by atoms with Gasteiger partial charge in [-0.1, -0.05) is 27.7 Å². The molecule has 1 aromatic rings. The third kappa shape index (κ3) is 16.3. The largest absolute Gasteiger partial charge is 0.349 e. The predicted octanol–water partition coefficient (Wildman–Crippen LogP) is 3.43. The maximum absolute atomic E-state index is 10.6. The van der Waals surface area contributed by atoms with E-state index in [0.717, 1.165) is 0 Å². The van der Waals surface area contributed by atoms with E-state index < -0.39 is 0 Å². The monoisotopic (exact) mass is 268 g/mol. The summed E-state index contributed by atoms with van der Waals surface area (Å²) >= 11 is 0. The highest BCUT2D eigenvalue weighted by Gasteiger charge is 1.93. The van der Waals surface area contributed by atoms with Gasteiger partial charge < -0.3 is 4.90 Å². The normalized spacial score (nSPS) is 7.37. The van der Waals surface area contributed by atoms with Gasteiger partial charge in [0.15, 0.2) is 5.78 Å². The van der Waals surface area contributed by atoms with E-state index in [2.05, 4.69) is 4.98 Å². The Bertz CT molecular complexity index is 322. The summed E-state index contributed by atoms with van der Waals surface area (Å²) in [7, 11) is 3.45. The number of carbonyl (C=O) groups is 2. The van der Waals surface area contributed by atoms with Crippen LogP contribution in [0, 0.1) is 0 Å². The molecule has 0 aliphatic carbocycles. The van der Waals surface area contributed by atoms with Gasteiger partial charge in [0.05, 0.1) is 0 Å². The average molecular weight is 268 g/mol. The SMILES string of the molecule is CC.CC.CC(=O)N(C)C.CC(=O)c1cccnc1. The fourth-order valence-electron chi connectivity index (χ4n) is 0.571. The Hall–Kier alpha value is -1.71. The second-order valence-electron chi connectivity index (χ2n) is 3.21. The fraction of sp³-hybridized carbons (Fsp3) is 0.533. The first-order chi connectivity index (χ1) is 8.95. The van der Waals surface area contributed by atoms with Crippen LogP contribution in [0.5, 0.6) is 0 Å². The van der Waals surface area contributed by atoms with E-state index in [1.807, 2.05) is 27.7 Å². The lowest BCUT2D eigenvalue weighted by molar-refractivity contribution is -0.126. The van der Waals surface area contributed by atoms with Crippen molar-refractivity contribution in [3.63, 3.8) is 0 Å². The lowest BCUT2D eigenvalue weighted by Crippen LogP contribution is -2.17. The smallest absolute Gasteiger partial charge is 0.218 e. The molecule has 0 N–H and O–H groups in total. The minimum Gasteiger partial charge on any atom is -0.349 e. The molecule has 1 heterocycles. The summed E-state index contributed by atoms with van der Waals surface area (Å²) in [4.78, 5) is 26.0. The van der Waals surface area contributed by atoms with Gasteiger partial charge >= 0.3 is 0 Å². The number of ketones is 1. The Kier molecular flexibility index (Phi) is 19.3. The summed E-state index contributed by atoms with van der Waals surface area (Å²) in [5.41, 5.74) is 0.664. The van der Waals surface area contributed by atoms with Crippen molar-refractivity contribution in [1.29, 1.82) is 0 Å². The first-order valence-electron chi connectivity index (χ1n) is 6.54. The van der Waals surface area contributed by atoms with E-state index in [0.29, 0.717) is 5.56 Å². The van der Waals surface area contributed by atoms with Crippen LogP contribution in [0.1, 0.15) is 51.9 Å². The maximum atomic E-state index is 10.6. The quantitative estimate of drug-likeness (QED) is 0.733. The van der Waals surface area contributed by atoms with E-state index in [1.165, 1.54) is 18.7 Å². The highest BCUT2D eigenvalue weighted by molar-refractivity contribution is 5.93. The topological polar surface area (TPSA) is 50.3 Å². The first-order valence-corrected chi connectivity index (χ1v) is 6.54. The van der Waals surface area contributed by atoms with Crippen molar-refractivity contribution in [2.24, 2.45) is 0 Å². The van der Waals surface area contributed by atoms with Gasteiger partial charge in [-0.3, -0.25) is 14.6 Å². The molecular formula is C15H28N2O2. The number of pyridine rings is 1. The van der Waals surface area contributed by atoms with Gasteiger partial charge in [-0.2, -0.15) is 0 Å². The molecule has 0 radical (unpaired) electrons. The molecule has 0 saturated heterocycles. The Morgan fingerprint density at radius 1 is 1.05 bits per heavy atom. The third-order valence-corrected chi connectivity index (χ3v) is 1.70. The second-order valence-corrected chi connectivity index (χ2v) is 3.21. The van der Waals surface area contributed by atoms with Gasteiger partial charge in [0, 0.05) is 39.0 Å². The number of nitrogens with zero attached hydrogens (tertiary/aromatic N) is 2. The minimum atomic E-state index is 0.0584. The van der Waals surface area contributed by atoms with Gasteiger partial charge in [0.2, 0.25) is 5.91 Å². The van der Waals surface area contributed by atoms with Crippen molar-refractivity contribution in [2.75, 3.05) is 14.1 Å². The zero-order valence-corrected chi connectivity index (χ0v) is 13.5. The van der Waals surface area contributed by atoms with Gasteiger partial charge in [0.1, 0.15) is 0 Å². The van der Waals surface area contributed by atoms with E-state index >= 15 is 0 Å². The molecule has 0 bridgehead atoms. The van der Waals surface area contributed by atoms with Gasteiger partial charge in [-0.25, -0.2) is 0 Å². The Balaban J connectivity index is -0.000000224. The Labute approximate surface area is 117 Å². The van der Waals surface area contributed by atoms with Crippen molar-refractivity contribution in [3.8, 4) is 0 Å². The molecule has 0 fully saturated rings. The Morgan fingerprint density at radius 2 is 1.47 bits per heavy atom. The van der Waals surface area contributed by atoms with Crippen molar-refractivity contribution < 1.29 is 9.59 Å². The zero-order chi connectivity index (χ0) is 15.8. The Morgan fingerprint density at radius 3 is 1.63 bits per heavy atom. The molecule has 1 amide bonds. The molecule has 1 rings (SSSR count). The van der Waals surface area contributed by atoms with E-state index in [9.17, 15) is 9.59 Å². The number of carbonyl (C=O) groups excluding carboxylic acids is 2. The van der Waals surface area contributed by atoms with Crippen LogP contribution in [0.3, 0.4) is 0 Å². The molecule has 4 heteroatoms. The molecule has 1 aromatic heterocycles. The van der Waals surface area contributed by atoms with E-state index in [4.69, 9.17) is 0 Å². The highest BCUT2D eigenvalue weighted by Crippen LogP contribution is 1.94. The second kappa shape index (κ2) is 16.3. The fourth-order valence-corrected chi connectivity index (χ4v) is 0.571. The van der Waals surface area contributed by atoms with Crippen LogP contribution < -0.4 is 0 Å². The highest BCUT2D eigenvalue weighted by atomic mass is 16.2. The molecule has 19 heavy (non-hydrogen) atoms. The number of hydrogen-bond acceptors (Lipinski definition) is 3. The maximum Gasteiger partial charge on any atom is 0.218 e. The van der Waals surface area contributed by atoms with Crippen molar-refractivity contribution in [2.45, 2.75) is 41.5 Å². The summed E-state index contributed by atoms with van der Waals surface area (Å²) < 4.78 is 0. The standard InChI is InChI=1S/C7H7NO.C4H9NO.2C2H6/c1-6(9)7-3-2-4-8-5-7;1-4(6)5(2)3;2*1-2/h2-5H,1H3;1-3H3;2*1-2H3. The summed E-state index contributed by atoms with van der Waals surface area (Å²) in [5.74, 6) is 0.151. The van der Waals surface area contributed by atoms with Crippen molar-refractivity contribution in [1.82, 2.24) is 9.88 Å². The molecule has 0 atom stereocenters. The molecule has 110 valence electrons. The van der Waals surface area contributed by atoms with Crippen LogP contribution in [-0.2, 0) is 4.79 Å². The first kappa shape index (κ1) is 22.5.